The van der Waals surface area contributed by atoms with Gasteiger partial charge in [-0.3, -0.25) is 9.47 Å². The molecule has 5 fully saturated rings. The van der Waals surface area contributed by atoms with E-state index in [0.29, 0.717) is 37.8 Å². The van der Waals surface area contributed by atoms with Gasteiger partial charge in [0.2, 0.25) is 0 Å². The maximum absolute atomic E-state index is 12.0. The number of epoxide rings is 2. The summed E-state index contributed by atoms with van der Waals surface area (Å²) in [4.78, 5) is 2.87. The summed E-state index contributed by atoms with van der Waals surface area (Å²) in [5.41, 5.74) is 25.6. The predicted molar refractivity (Wildman–Crippen MR) is 359 cm³/mol. The molecule has 10 atom stereocenters. The zero-order valence-electron chi connectivity index (χ0n) is 55.5. The molecule has 0 aromatic rings. The van der Waals surface area contributed by atoms with E-state index in [4.69, 9.17) is 41.9 Å². The van der Waals surface area contributed by atoms with Gasteiger partial charge in [-0.25, -0.2) is 35.8 Å². The van der Waals surface area contributed by atoms with Crippen molar-refractivity contribution in [3.63, 3.8) is 0 Å². The minimum absolute atomic E-state index is 0. The second-order valence-corrected chi connectivity index (χ2v) is 27.0. The Kier molecular flexibility index (Phi) is 67.2. The van der Waals surface area contributed by atoms with E-state index in [1.165, 1.54) is 16.3 Å². The van der Waals surface area contributed by atoms with Crippen LogP contribution in [0.1, 0.15) is 180 Å². The zero-order valence-corrected chi connectivity index (χ0v) is 55.5. The average Bonchev–Trinajstić information content (AvgIpc) is 1.62. The van der Waals surface area contributed by atoms with Crippen LogP contribution in [0, 0.1) is 32.5 Å². The summed E-state index contributed by atoms with van der Waals surface area (Å²) < 4.78 is 270. The van der Waals surface area contributed by atoms with Gasteiger partial charge in [0.1, 0.15) is 25.6 Å². The van der Waals surface area contributed by atoms with Crippen molar-refractivity contribution >= 4 is 0 Å². The van der Waals surface area contributed by atoms with Gasteiger partial charge in [0.05, 0.1) is 65.1 Å². The van der Waals surface area contributed by atoms with Crippen molar-refractivity contribution in [1.29, 1.82) is 0 Å². The molecule has 5 aliphatic rings. The predicted octanol–water partition coefficient (Wildman–Crippen LogP) is 15.3. The molecule has 10 unspecified atom stereocenters. The Labute approximate surface area is 605 Å². The molecule has 0 amide bonds. The Morgan fingerprint density at radius 1 is 0.433 bits per heavy atom. The molecule has 104 heavy (non-hydrogen) atoms. The highest BCUT2D eigenvalue weighted by Gasteiger charge is 2.67. The Balaban J connectivity index is -0.000000125. The number of aliphatic hydroxyl groups excluding tert-OH is 2. The Morgan fingerprint density at radius 2 is 0.721 bits per heavy atom. The van der Waals surface area contributed by atoms with Gasteiger partial charge in [-0.2, -0.15) is 35.1 Å². The third-order valence-corrected chi connectivity index (χ3v) is 14.2. The lowest BCUT2D eigenvalue weighted by molar-refractivity contribution is -0.548. The van der Waals surface area contributed by atoms with Crippen LogP contribution < -0.4 is 33.6 Å². The monoisotopic (exact) mass is 1590 g/mol. The number of nitrogens with two attached hydrogens (primary N) is 4. The number of alkyl halides is 18. The summed E-state index contributed by atoms with van der Waals surface area (Å²) >= 11 is 0. The minimum atomic E-state index is -6.04. The number of hydrogen-bond donors (Lipinski definition) is 8. The molecule has 20 nitrogen and oxygen atoms in total. The van der Waals surface area contributed by atoms with E-state index in [9.17, 15) is 98.3 Å². The average molecular weight is 1590 g/mol. The van der Waals surface area contributed by atoms with Crippen molar-refractivity contribution in [3.8, 4) is 0 Å². The van der Waals surface area contributed by atoms with Crippen LogP contribution in [-0.4, -0.2) is 216 Å². The van der Waals surface area contributed by atoms with E-state index in [1.54, 1.807) is 0 Å². The molecular formula is C64H134F20N6O14. The Bertz CT molecular complexity index is 1980. The second-order valence-electron chi connectivity index (χ2n) is 27.0. The van der Waals surface area contributed by atoms with Crippen molar-refractivity contribution in [2.75, 3.05) is 126 Å². The summed E-state index contributed by atoms with van der Waals surface area (Å²) in [7, 11) is 0. The minimum Gasteiger partial charge on any atom is -0.389 e. The maximum atomic E-state index is 12.0. The van der Waals surface area contributed by atoms with Crippen LogP contribution in [0.3, 0.4) is 0 Å². The molecule has 0 spiro atoms. The largest absolute Gasteiger partial charge is 0.492 e. The van der Waals surface area contributed by atoms with Crippen molar-refractivity contribution < 1.29 is 156 Å². The fraction of sp³-hybridized carbons (Fsp3) is 1.00. The van der Waals surface area contributed by atoms with Crippen LogP contribution in [0.4, 0.5) is 88.1 Å². The first-order valence-corrected chi connectivity index (χ1v) is 30.1. The standard InChI is InChI=1S/C15H31FN2O2.C14H29FN2O2.C10H22N2.C5H9FO2.2C4H2F8O3.C4H7FO2.8CH4/c1-14(2)6-12(17)7-15(3,10-14)11-18-8-13(19)9-20-5-4-16;1-13(2)4-11(16)5-14(3,8-13)9-17-6-12(18)7-19-10-15;1-9(2)4-8(12)5-10(3,6-9)7-11;6-1-2-7-3-5-4-8-5;2*5-1-13-4(10,11)14-2(6,7)3(8,9)15-12;5-3-6-1-4-2-7-4;;;;;;;;/h12-13,18-19H,4-11,17H2,1-3H3;11-12,17-18H,4-10,16H2,1-3H3;8H,4-7,11-12H2,1-3H3;5H,1-4H2;2*1H2;4H,1-3H2;8*1H4. The van der Waals surface area contributed by atoms with Gasteiger partial charge >= 0.3 is 37.0 Å². The van der Waals surface area contributed by atoms with Gasteiger partial charge < -0.3 is 72.2 Å². The number of ether oxygens (including phenoxy) is 10. The van der Waals surface area contributed by atoms with Crippen LogP contribution in [0.25, 0.3) is 0 Å². The SMILES string of the molecule is C.C.C.C.C.C.C.C.CC1(C)CC(N)CC(C)(CN)C1.CC1(C)CC(N)CC(C)(CNCC(O)COCCF)C1.CC1(C)CC(N)CC(C)(CNCC(O)COCF)C1.FCCOCC1CO1.FCOC(F)(F)OC(F)(F)C(F)(F)OF.FCOC(F)(F)OC(F)(F)C(F)(F)OF.FCOCC1CO1. The molecule has 0 bridgehead atoms. The molecule has 3 aliphatic carbocycles. The molecule has 2 aliphatic heterocycles. The Morgan fingerprint density at radius 3 is 0.990 bits per heavy atom. The molecule has 644 valence electrons. The first-order valence-electron chi connectivity index (χ1n) is 30.1. The molecule has 40 heteroatoms. The fourth-order valence-corrected chi connectivity index (χ4v) is 11.7. The summed E-state index contributed by atoms with van der Waals surface area (Å²) in [5.74, 6) is 0. The summed E-state index contributed by atoms with van der Waals surface area (Å²) in [6, 6.07) is 0.848. The van der Waals surface area contributed by atoms with Crippen molar-refractivity contribution in [2.24, 2.45) is 55.4 Å². The normalized spacial score (nSPS) is 24.7. The smallest absolute Gasteiger partial charge is 0.389 e. The second kappa shape index (κ2) is 56.9. The quantitative estimate of drug-likeness (QED) is 0.0127. The highest BCUT2D eigenvalue weighted by molar-refractivity contribution is 4.96. The Hall–Kier alpha value is -2.20. The van der Waals surface area contributed by atoms with Crippen LogP contribution in [-0.2, 0) is 57.3 Å². The van der Waals surface area contributed by atoms with Gasteiger partial charge in [-0.1, -0.05) is 122 Å². The van der Waals surface area contributed by atoms with Gasteiger partial charge in [0.25, 0.3) is 0 Å². The van der Waals surface area contributed by atoms with Crippen molar-refractivity contribution in [1.82, 2.24) is 10.6 Å². The highest BCUT2D eigenvalue weighted by Crippen LogP contribution is 2.48. The van der Waals surface area contributed by atoms with Gasteiger partial charge in [0.15, 0.2) is 27.4 Å². The number of aliphatic hydroxyl groups is 2. The number of nitrogens with one attached hydrogen (secondary N) is 2. The van der Waals surface area contributed by atoms with Gasteiger partial charge in [-0.15, -0.1) is 27.4 Å². The summed E-state index contributed by atoms with van der Waals surface area (Å²) in [6.07, 6.45) is -25.7. The van der Waals surface area contributed by atoms with E-state index < -0.39 is 90.0 Å². The fourth-order valence-electron chi connectivity index (χ4n) is 11.7. The third-order valence-electron chi connectivity index (χ3n) is 14.2. The lowest BCUT2D eigenvalue weighted by atomic mass is 9.63. The number of rotatable bonds is 35. The van der Waals surface area contributed by atoms with E-state index in [1.807, 2.05) is 0 Å². The molecule has 2 saturated heterocycles. The van der Waals surface area contributed by atoms with E-state index in [0.717, 1.165) is 84.2 Å². The molecule has 0 aromatic carbocycles. The molecule has 5 rings (SSSR count). The van der Waals surface area contributed by atoms with Crippen molar-refractivity contribution in [3.05, 3.63) is 0 Å². The highest BCUT2D eigenvalue weighted by atomic mass is 19.4. The molecular weight excluding hydrogens is 1460 g/mol. The lowest BCUT2D eigenvalue weighted by Gasteiger charge is -2.46. The molecule has 2 heterocycles. The van der Waals surface area contributed by atoms with E-state index >= 15 is 0 Å². The van der Waals surface area contributed by atoms with E-state index in [2.05, 4.69) is 101 Å². The topological polar surface area (TPSA) is 286 Å². The first kappa shape index (κ1) is 123. The van der Waals surface area contributed by atoms with E-state index in [-0.39, 0.29) is 137 Å². The van der Waals surface area contributed by atoms with Crippen LogP contribution in [0.2, 0.25) is 0 Å². The molecule has 3 saturated carbocycles. The lowest BCUT2D eigenvalue weighted by Crippen LogP contribution is -2.48. The summed E-state index contributed by atoms with van der Waals surface area (Å²) in [5, 5.41) is 25.8. The van der Waals surface area contributed by atoms with Gasteiger partial charge in [0, 0.05) is 44.3 Å². The number of halogens is 20. The van der Waals surface area contributed by atoms with Crippen LogP contribution in [0.5, 0.6) is 0 Å². The maximum Gasteiger partial charge on any atom is 0.492 e. The van der Waals surface area contributed by atoms with Crippen LogP contribution >= 0.6 is 0 Å². The molecule has 12 N–H and O–H groups in total. The third kappa shape index (κ3) is 56.9. The van der Waals surface area contributed by atoms with Crippen LogP contribution in [0.15, 0.2) is 0 Å². The number of hydrogen-bond acceptors (Lipinski definition) is 20. The van der Waals surface area contributed by atoms with Crippen molar-refractivity contribution in [2.45, 2.75) is 259 Å². The summed E-state index contributed by atoms with van der Waals surface area (Å²) in [6.45, 7) is 19.6. The first-order chi connectivity index (χ1) is 43.9. The zero-order chi connectivity index (χ0) is 74.7. The van der Waals surface area contributed by atoms with Gasteiger partial charge in [-0.05, 0) is 106 Å². The molecule has 0 radical (unpaired) electrons. The molecule has 0 aromatic heterocycles.